The van der Waals surface area contributed by atoms with Gasteiger partial charge in [0.15, 0.2) is 0 Å². The molecule has 0 saturated heterocycles. The van der Waals surface area contributed by atoms with E-state index in [9.17, 15) is 12.8 Å². The molecule has 7 heteroatoms. The molecule has 3 rings (SSSR count). The van der Waals surface area contributed by atoms with Crippen LogP contribution in [0.25, 0.3) is 0 Å². The maximum atomic E-state index is 13.3. The first-order chi connectivity index (χ1) is 9.38. The van der Waals surface area contributed by atoms with Crippen molar-refractivity contribution in [2.24, 2.45) is 11.8 Å². The van der Waals surface area contributed by atoms with Crippen LogP contribution in [0.1, 0.15) is 25.7 Å². The van der Waals surface area contributed by atoms with E-state index in [1.54, 1.807) is 0 Å². The lowest BCUT2D eigenvalue weighted by molar-refractivity contribution is 0.471. The zero-order chi connectivity index (χ0) is 14.5. The zero-order valence-electron chi connectivity index (χ0n) is 10.8. The maximum Gasteiger partial charge on any atom is 0.242 e. The Kier molecular flexibility index (Phi) is 3.54. The van der Waals surface area contributed by atoms with Gasteiger partial charge in [0, 0.05) is 10.5 Å². The summed E-state index contributed by atoms with van der Waals surface area (Å²) in [5, 5.41) is 0. The van der Waals surface area contributed by atoms with E-state index in [2.05, 4.69) is 20.7 Å². The SMILES string of the molecule is Nc1cc(S(=O)(=O)NC(C2CC2)C2CC2)c(Br)cc1F. The van der Waals surface area contributed by atoms with Crippen molar-refractivity contribution in [3.8, 4) is 0 Å². The third-order valence-corrected chi connectivity index (χ3v) is 6.31. The van der Waals surface area contributed by atoms with Crippen molar-refractivity contribution in [3.63, 3.8) is 0 Å². The molecular formula is C13H16BrFN2O2S. The third kappa shape index (κ3) is 2.84. The van der Waals surface area contributed by atoms with E-state index in [1.807, 2.05) is 0 Å². The largest absolute Gasteiger partial charge is 0.396 e. The molecule has 0 aliphatic heterocycles. The number of hydrogen-bond donors (Lipinski definition) is 2. The normalized spacial score (nSPS) is 19.6. The van der Waals surface area contributed by atoms with Gasteiger partial charge in [-0.05, 0) is 65.6 Å². The number of nitrogens with one attached hydrogen (secondary N) is 1. The van der Waals surface area contributed by atoms with Gasteiger partial charge in [-0.15, -0.1) is 0 Å². The lowest BCUT2D eigenvalue weighted by Gasteiger charge is -2.18. The van der Waals surface area contributed by atoms with Crippen LogP contribution < -0.4 is 10.5 Å². The monoisotopic (exact) mass is 362 g/mol. The summed E-state index contributed by atoms with van der Waals surface area (Å²) in [5.41, 5.74) is 5.31. The molecule has 0 radical (unpaired) electrons. The molecule has 2 fully saturated rings. The highest BCUT2D eigenvalue weighted by Gasteiger charge is 2.43. The smallest absolute Gasteiger partial charge is 0.242 e. The number of halogens is 2. The first kappa shape index (κ1) is 14.3. The second-order valence-electron chi connectivity index (χ2n) is 5.63. The number of rotatable bonds is 5. The molecule has 0 aromatic heterocycles. The van der Waals surface area contributed by atoms with Crippen LogP contribution >= 0.6 is 15.9 Å². The Balaban J connectivity index is 1.89. The molecule has 1 aromatic rings. The van der Waals surface area contributed by atoms with Gasteiger partial charge in [-0.2, -0.15) is 0 Å². The molecule has 20 heavy (non-hydrogen) atoms. The zero-order valence-corrected chi connectivity index (χ0v) is 13.2. The highest BCUT2D eigenvalue weighted by molar-refractivity contribution is 9.10. The molecule has 2 aliphatic carbocycles. The Hall–Kier alpha value is -0.660. The molecular weight excluding hydrogens is 347 g/mol. The first-order valence-corrected chi connectivity index (χ1v) is 8.93. The number of nitrogen functional groups attached to an aromatic ring is 1. The molecule has 1 aromatic carbocycles. The summed E-state index contributed by atoms with van der Waals surface area (Å²) in [5.74, 6) is 0.277. The van der Waals surface area contributed by atoms with Gasteiger partial charge in [-0.3, -0.25) is 0 Å². The van der Waals surface area contributed by atoms with Gasteiger partial charge in [0.2, 0.25) is 10.0 Å². The predicted octanol–water partition coefficient (Wildman–Crippen LogP) is 2.64. The quantitative estimate of drug-likeness (QED) is 0.790. The van der Waals surface area contributed by atoms with Crippen molar-refractivity contribution in [1.82, 2.24) is 4.72 Å². The minimum absolute atomic E-state index is 0.00250. The van der Waals surface area contributed by atoms with Crippen LogP contribution in [0.2, 0.25) is 0 Å². The number of benzene rings is 1. The van der Waals surface area contributed by atoms with E-state index in [0.717, 1.165) is 31.7 Å². The van der Waals surface area contributed by atoms with Crippen LogP contribution in [0.3, 0.4) is 0 Å². The summed E-state index contributed by atoms with van der Waals surface area (Å²) in [6, 6.07) is 2.27. The van der Waals surface area contributed by atoms with E-state index in [-0.39, 0.29) is 21.1 Å². The van der Waals surface area contributed by atoms with E-state index in [4.69, 9.17) is 5.73 Å². The Labute approximate surface area is 126 Å². The second kappa shape index (κ2) is 4.96. The highest BCUT2D eigenvalue weighted by atomic mass is 79.9. The van der Waals surface area contributed by atoms with Gasteiger partial charge < -0.3 is 5.73 Å². The summed E-state index contributed by atoms with van der Waals surface area (Å²) < 4.78 is 41.2. The number of anilines is 1. The van der Waals surface area contributed by atoms with Crippen LogP contribution in [0.4, 0.5) is 10.1 Å². The van der Waals surface area contributed by atoms with E-state index in [0.29, 0.717) is 11.8 Å². The predicted molar refractivity (Wildman–Crippen MR) is 78.1 cm³/mol. The number of nitrogens with two attached hydrogens (primary N) is 1. The molecule has 3 N–H and O–H groups in total. The van der Waals surface area contributed by atoms with Crippen molar-refractivity contribution in [3.05, 3.63) is 22.4 Å². The molecule has 110 valence electrons. The van der Waals surface area contributed by atoms with Crippen molar-refractivity contribution in [2.75, 3.05) is 5.73 Å². The van der Waals surface area contributed by atoms with Crippen LogP contribution in [0.15, 0.2) is 21.5 Å². The average Bonchev–Trinajstić information content (AvgIpc) is 3.24. The van der Waals surface area contributed by atoms with Crippen LogP contribution in [-0.4, -0.2) is 14.5 Å². The highest BCUT2D eigenvalue weighted by Crippen LogP contribution is 2.45. The van der Waals surface area contributed by atoms with Crippen LogP contribution in [0.5, 0.6) is 0 Å². The third-order valence-electron chi connectivity index (χ3n) is 3.89. The molecule has 0 atom stereocenters. The standard InChI is InChI=1S/C13H16BrFN2O2S/c14-9-5-10(15)11(16)6-12(9)20(18,19)17-13(7-1-2-7)8-3-4-8/h5-8,13,17H,1-4,16H2. The summed E-state index contributed by atoms with van der Waals surface area (Å²) >= 11 is 3.10. The summed E-state index contributed by atoms with van der Waals surface area (Å²) in [7, 11) is -3.68. The fraction of sp³-hybridized carbons (Fsp3) is 0.538. The maximum absolute atomic E-state index is 13.3. The van der Waals surface area contributed by atoms with Crippen molar-refractivity contribution in [1.29, 1.82) is 0 Å². The van der Waals surface area contributed by atoms with E-state index >= 15 is 0 Å². The molecule has 2 saturated carbocycles. The van der Waals surface area contributed by atoms with Gasteiger partial charge in [0.1, 0.15) is 5.82 Å². The Bertz CT molecular complexity index is 630. The van der Waals surface area contributed by atoms with Gasteiger partial charge in [0.05, 0.1) is 10.6 Å². The average molecular weight is 363 g/mol. The molecule has 2 aliphatic rings. The number of hydrogen-bond acceptors (Lipinski definition) is 3. The Morgan fingerprint density at radius 2 is 1.80 bits per heavy atom. The molecule has 0 amide bonds. The lowest BCUT2D eigenvalue weighted by Crippen LogP contribution is -2.38. The van der Waals surface area contributed by atoms with E-state index < -0.39 is 15.8 Å². The van der Waals surface area contributed by atoms with E-state index in [1.165, 1.54) is 6.07 Å². The minimum Gasteiger partial charge on any atom is -0.396 e. The van der Waals surface area contributed by atoms with Gasteiger partial charge in [-0.25, -0.2) is 17.5 Å². The fourth-order valence-corrected chi connectivity index (χ4v) is 4.90. The lowest BCUT2D eigenvalue weighted by atomic mass is 10.1. The summed E-state index contributed by atoms with van der Waals surface area (Å²) in [6.07, 6.45) is 4.32. The topological polar surface area (TPSA) is 72.2 Å². The van der Waals surface area contributed by atoms with Gasteiger partial charge >= 0.3 is 0 Å². The van der Waals surface area contributed by atoms with Crippen molar-refractivity contribution >= 4 is 31.6 Å². The van der Waals surface area contributed by atoms with Crippen molar-refractivity contribution < 1.29 is 12.8 Å². The van der Waals surface area contributed by atoms with Crippen LogP contribution in [-0.2, 0) is 10.0 Å². The Morgan fingerprint density at radius 3 is 2.30 bits per heavy atom. The molecule has 4 nitrogen and oxygen atoms in total. The minimum atomic E-state index is -3.68. The Morgan fingerprint density at radius 1 is 1.25 bits per heavy atom. The molecule has 0 bridgehead atoms. The molecule has 0 heterocycles. The molecule has 0 unspecified atom stereocenters. The molecule has 0 spiro atoms. The summed E-state index contributed by atoms with van der Waals surface area (Å²) in [4.78, 5) is 0.00250. The summed E-state index contributed by atoms with van der Waals surface area (Å²) in [6.45, 7) is 0. The van der Waals surface area contributed by atoms with Crippen molar-refractivity contribution in [2.45, 2.75) is 36.6 Å². The number of sulfonamides is 1. The van der Waals surface area contributed by atoms with Crippen LogP contribution in [0, 0.1) is 17.7 Å². The van der Waals surface area contributed by atoms with Gasteiger partial charge in [0.25, 0.3) is 0 Å². The fourth-order valence-electron chi connectivity index (χ4n) is 2.48. The van der Waals surface area contributed by atoms with Gasteiger partial charge in [-0.1, -0.05) is 0 Å². The second-order valence-corrected chi connectivity index (χ2v) is 8.16. The first-order valence-electron chi connectivity index (χ1n) is 6.65.